The van der Waals surface area contributed by atoms with Crippen molar-refractivity contribution in [1.82, 2.24) is 14.8 Å². The summed E-state index contributed by atoms with van der Waals surface area (Å²) in [6, 6.07) is 15.1. The molecule has 140 valence electrons. The number of thioether (sulfide) groups is 1. The number of hydrogen-bond donors (Lipinski definition) is 1. The quantitative estimate of drug-likeness (QED) is 0.370. The van der Waals surface area contributed by atoms with Crippen LogP contribution in [0.4, 0.5) is 11.4 Å². The second-order valence-corrected chi connectivity index (χ2v) is 6.58. The zero-order valence-corrected chi connectivity index (χ0v) is 15.3. The zero-order chi connectivity index (χ0) is 19.9. The SMILES string of the molecule is N#CCSc1ccccc1NC(=O)Cn1cnc(-c2ccc([N+](=O)[O-])cc2)n1. The number of benzene rings is 2. The largest absolute Gasteiger partial charge is 0.323 e. The number of nitrogens with zero attached hydrogens (tertiary/aromatic N) is 5. The Hall–Kier alpha value is -3.71. The van der Waals surface area contributed by atoms with Gasteiger partial charge in [0.15, 0.2) is 5.82 Å². The number of amides is 1. The molecule has 0 aliphatic rings. The van der Waals surface area contributed by atoms with Gasteiger partial charge in [0, 0.05) is 22.6 Å². The second-order valence-electron chi connectivity index (χ2n) is 5.56. The number of rotatable bonds is 7. The number of aromatic nitrogens is 3. The number of nitrogens with one attached hydrogen (secondary N) is 1. The van der Waals surface area contributed by atoms with Gasteiger partial charge in [-0.2, -0.15) is 10.4 Å². The summed E-state index contributed by atoms with van der Waals surface area (Å²) in [5.74, 6) is 0.368. The fraction of sp³-hybridized carbons (Fsp3) is 0.111. The van der Waals surface area contributed by atoms with Gasteiger partial charge < -0.3 is 5.32 Å². The minimum Gasteiger partial charge on any atom is -0.323 e. The van der Waals surface area contributed by atoms with E-state index in [1.807, 2.05) is 12.1 Å². The molecule has 3 aromatic rings. The average molecular weight is 394 g/mol. The molecule has 2 aromatic carbocycles. The van der Waals surface area contributed by atoms with Gasteiger partial charge in [-0.05, 0) is 24.3 Å². The van der Waals surface area contributed by atoms with Crippen LogP contribution in [0, 0.1) is 21.4 Å². The van der Waals surface area contributed by atoms with Crippen LogP contribution in [-0.4, -0.2) is 31.3 Å². The van der Waals surface area contributed by atoms with Crippen molar-refractivity contribution in [2.45, 2.75) is 11.4 Å². The number of anilines is 1. The number of para-hydroxylation sites is 1. The lowest BCUT2D eigenvalue weighted by Crippen LogP contribution is -2.19. The Balaban J connectivity index is 1.66. The van der Waals surface area contributed by atoms with Gasteiger partial charge in [-0.25, -0.2) is 9.67 Å². The Labute approximate surface area is 164 Å². The lowest BCUT2D eigenvalue weighted by atomic mass is 10.2. The molecule has 0 bridgehead atoms. The standard InChI is InChI=1S/C18H14N6O3S/c19-9-10-28-16-4-2-1-3-15(16)21-17(25)11-23-12-20-18(22-23)13-5-7-14(8-6-13)24(26)27/h1-8,12H,10-11H2,(H,21,25). The molecule has 1 amide bonds. The van der Waals surface area contributed by atoms with Crippen LogP contribution in [0.25, 0.3) is 11.4 Å². The van der Waals surface area contributed by atoms with Crippen molar-refractivity contribution < 1.29 is 9.72 Å². The minimum atomic E-state index is -0.479. The first kappa shape index (κ1) is 19.1. The van der Waals surface area contributed by atoms with E-state index < -0.39 is 4.92 Å². The molecule has 0 unspecified atom stereocenters. The first-order chi connectivity index (χ1) is 13.6. The highest BCUT2D eigenvalue weighted by atomic mass is 32.2. The molecule has 0 fully saturated rings. The van der Waals surface area contributed by atoms with Crippen molar-refractivity contribution in [2.24, 2.45) is 0 Å². The number of carbonyl (C=O) groups excluding carboxylic acids is 1. The molecule has 1 N–H and O–H groups in total. The Bertz CT molecular complexity index is 1040. The summed E-state index contributed by atoms with van der Waals surface area (Å²) in [5.41, 5.74) is 1.22. The van der Waals surface area contributed by atoms with Crippen LogP contribution in [0.2, 0.25) is 0 Å². The molecule has 28 heavy (non-hydrogen) atoms. The smallest absolute Gasteiger partial charge is 0.269 e. The number of non-ortho nitro benzene ring substituents is 1. The first-order valence-electron chi connectivity index (χ1n) is 8.09. The molecule has 10 heteroatoms. The van der Waals surface area contributed by atoms with Gasteiger partial charge in [-0.15, -0.1) is 11.8 Å². The lowest BCUT2D eigenvalue weighted by Gasteiger charge is -2.09. The lowest BCUT2D eigenvalue weighted by molar-refractivity contribution is -0.384. The van der Waals surface area contributed by atoms with Crippen molar-refractivity contribution in [1.29, 1.82) is 5.26 Å². The van der Waals surface area contributed by atoms with Crippen LogP contribution in [0.3, 0.4) is 0 Å². The molecule has 1 heterocycles. The van der Waals surface area contributed by atoms with Gasteiger partial charge in [0.2, 0.25) is 5.91 Å². The molecule has 0 spiro atoms. The van der Waals surface area contributed by atoms with Crippen molar-refractivity contribution in [3.63, 3.8) is 0 Å². The normalized spacial score (nSPS) is 10.2. The Morgan fingerprint density at radius 3 is 2.71 bits per heavy atom. The summed E-state index contributed by atoms with van der Waals surface area (Å²) in [4.78, 5) is 27.5. The van der Waals surface area contributed by atoms with E-state index in [1.165, 1.54) is 34.9 Å². The molecular formula is C18H14N6O3S. The highest BCUT2D eigenvalue weighted by Gasteiger charge is 2.11. The highest BCUT2D eigenvalue weighted by molar-refractivity contribution is 7.99. The monoisotopic (exact) mass is 394 g/mol. The average Bonchev–Trinajstić information content (AvgIpc) is 3.15. The van der Waals surface area contributed by atoms with E-state index in [0.29, 0.717) is 17.1 Å². The van der Waals surface area contributed by atoms with Gasteiger partial charge in [-0.1, -0.05) is 12.1 Å². The Morgan fingerprint density at radius 1 is 1.25 bits per heavy atom. The summed E-state index contributed by atoms with van der Waals surface area (Å²) in [6.07, 6.45) is 1.42. The van der Waals surface area contributed by atoms with Crippen molar-refractivity contribution in [3.8, 4) is 17.5 Å². The predicted molar refractivity (Wildman–Crippen MR) is 104 cm³/mol. The molecule has 1 aromatic heterocycles. The van der Waals surface area contributed by atoms with E-state index in [-0.39, 0.29) is 23.9 Å². The fourth-order valence-electron chi connectivity index (χ4n) is 2.38. The third-order valence-electron chi connectivity index (χ3n) is 3.63. The maximum absolute atomic E-state index is 12.3. The van der Waals surface area contributed by atoms with Crippen LogP contribution >= 0.6 is 11.8 Å². The van der Waals surface area contributed by atoms with Crippen LogP contribution < -0.4 is 5.32 Å². The third-order valence-corrected chi connectivity index (χ3v) is 4.57. The molecule has 0 saturated heterocycles. The second kappa shape index (κ2) is 8.79. The van der Waals surface area contributed by atoms with Gasteiger partial charge >= 0.3 is 0 Å². The molecular weight excluding hydrogens is 380 g/mol. The summed E-state index contributed by atoms with van der Waals surface area (Å²) >= 11 is 1.34. The molecule has 0 atom stereocenters. The van der Waals surface area contributed by atoms with Gasteiger partial charge in [0.25, 0.3) is 5.69 Å². The van der Waals surface area contributed by atoms with Crippen LogP contribution in [0.1, 0.15) is 0 Å². The predicted octanol–water partition coefficient (Wildman–Crippen LogP) is 3.11. The maximum Gasteiger partial charge on any atom is 0.269 e. The third kappa shape index (κ3) is 4.72. The fourth-order valence-corrected chi connectivity index (χ4v) is 3.05. The topological polar surface area (TPSA) is 127 Å². The summed E-state index contributed by atoms with van der Waals surface area (Å²) in [6.45, 7) is -0.0444. The van der Waals surface area contributed by atoms with Crippen LogP contribution in [0.15, 0.2) is 59.8 Å². The van der Waals surface area contributed by atoms with E-state index in [1.54, 1.807) is 24.3 Å². The van der Waals surface area contributed by atoms with Gasteiger partial charge in [0.05, 0.1) is 22.4 Å². The Kier molecular flexibility index (Phi) is 5.98. The van der Waals surface area contributed by atoms with Crippen LogP contribution in [-0.2, 0) is 11.3 Å². The molecule has 0 aliphatic heterocycles. The summed E-state index contributed by atoms with van der Waals surface area (Å²) in [7, 11) is 0. The molecule has 0 radical (unpaired) electrons. The summed E-state index contributed by atoms with van der Waals surface area (Å²) in [5, 5.41) is 26.5. The highest BCUT2D eigenvalue weighted by Crippen LogP contribution is 2.26. The van der Waals surface area contributed by atoms with E-state index >= 15 is 0 Å². The van der Waals surface area contributed by atoms with Crippen molar-refractivity contribution >= 4 is 29.0 Å². The molecule has 0 aliphatic carbocycles. The van der Waals surface area contributed by atoms with Crippen LogP contribution in [0.5, 0.6) is 0 Å². The minimum absolute atomic E-state index is 0.0181. The van der Waals surface area contributed by atoms with Gasteiger partial charge in [-0.3, -0.25) is 14.9 Å². The molecule has 9 nitrogen and oxygen atoms in total. The zero-order valence-electron chi connectivity index (χ0n) is 14.5. The number of carbonyl (C=O) groups is 1. The molecule has 0 saturated carbocycles. The van der Waals surface area contributed by atoms with E-state index in [4.69, 9.17) is 5.26 Å². The first-order valence-corrected chi connectivity index (χ1v) is 9.08. The number of hydrogen-bond acceptors (Lipinski definition) is 7. The van der Waals surface area contributed by atoms with E-state index in [0.717, 1.165) is 4.90 Å². The maximum atomic E-state index is 12.3. The van der Waals surface area contributed by atoms with Crippen molar-refractivity contribution in [2.75, 3.05) is 11.1 Å². The number of nitriles is 1. The van der Waals surface area contributed by atoms with Gasteiger partial charge in [0.1, 0.15) is 12.9 Å². The number of nitro benzene ring substituents is 1. The molecule has 3 rings (SSSR count). The summed E-state index contributed by atoms with van der Waals surface area (Å²) < 4.78 is 1.39. The van der Waals surface area contributed by atoms with Crippen molar-refractivity contribution in [3.05, 3.63) is 65.0 Å². The Morgan fingerprint density at radius 2 is 2.00 bits per heavy atom. The van der Waals surface area contributed by atoms with E-state index in [9.17, 15) is 14.9 Å². The van der Waals surface area contributed by atoms with E-state index in [2.05, 4.69) is 21.5 Å². The number of nitro groups is 1.